The summed E-state index contributed by atoms with van der Waals surface area (Å²) in [5.74, 6) is -7.17. The first-order valence-corrected chi connectivity index (χ1v) is 6.31. The zero-order valence-corrected chi connectivity index (χ0v) is 11.0. The third kappa shape index (κ3) is 1.98. The summed E-state index contributed by atoms with van der Waals surface area (Å²) in [6.45, 7) is 0. The standard InChI is InChI=1S/C12H7ClF2N2O4/c13-9-5(15)1-3-8(18)7(12(20)21)11(19)17(10(3)16-9)6-2-4(6)14/h1,4,6-7H,2H2,(H,20,21)/t4-,6+,7?/m0/s1. The number of Topliss-reactive ketones (excluding diaryl/α,β-unsaturated/α-hetero) is 1. The van der Waals surface area contributed by atoms with Gasteiger partial charge in [-0.2, -0.15) is 0 Å². The highest BCUT2D eigenvalue weighted by Gasteiger charge is 2.54. The number of hydrogen-bond donors (Lipinski definition) is 1. The van der Waals surface area contributed by atoms with E-state index in [1.54, 1.807) is 0 Å². The quantitative estimate of drug-likeness (QED) is 0.654. The smallest absolute Gasteiger partial charge is 0.324 e. The zero-order chi connectivity index (χ0) is 15.5. The van der Waals surface area contributed by atoms with Crippen molar-refractivity contribution in [2.24, 2.45) is 5.92 Å². The molecular formula is C12H7ClF2N2O4. The Bertz CT molecular complexity index is 696. The van der Waals surface area contributed by atoms with E-state index >= 15 is 0 Å². The van der Waals surface area contributed by atoms with Gasteiger partial charge in [-0.1, -0.05) is 11.6 Å². The van der Waals surface area contributed by atoms with Gasteiger partial charge in [0.15, 0.2) is 22.7 Å². The number of hydrogen-bond acceptors (Lipinski definition) is 4. The van der Waals surface area contributed by atoms with Gasteiger partial charge in [-0.05, 0) is 6.07 Å². The van der Waals surface area contributed by atoms with E-state index in [1.807, 2.05) is 0 Å². The summed E-state index contributed by atoms with van der Waals surface area (Å²) in [5.41, 5.74) is -0.386. The summed E-state index contributed by atoms with van der Waals surface area (Å²) in [7, 11) is 0. The van der Waals surface area contributed by atoms with Crippen LogP contribution < -0.4 is 4.90 Å². The van der Waals surface area contributed by atoms with Gasteiger partial charge >= 0.3 is 5.97 Å². The van der Waals surface area contributed by atoms with Crippen molar-refractivity contribution >= 4 is 35.1 Å². The molecule has 1 aliphatic heterocycles. The number of carboxylic acids is 1. The van der Waals surface area contributed by atoms with Crippen LogP contribution in [0.25, 0.3) is 0 Å². The fourth-order valence-corrected chi connectivity index (χ4v) is 2.43. The predicted octanol–water partition coefficient (Wildman–Crippen LogP) is 1.21. The van der Waals surface area contributed by atoms with Gasteiger partial charge in [-0.15, -0.1) is 0 Å². The van der Waals surface area contributed by atoms with Crippen LogP contribution >= 0.6 is 11.6 Å². The molecule has 21 heavy (non-hydrogen) atoms. The van der Waals surface area contributed by atoms with Crippen LogP contribution in [-0.2, 0) is 9.59 Å². The van der Waals surface area contributed by atoms with E-state index in [0.717, 1.165) is 11.0 Å². The van der Waals surface area contributed by atoms with Gasteiger partial charge in [0.2, 0.25) is 0 Å². The predicted molar refractivity (Wildman–Crippen MR) is 65.4 cm³/mol. The molecule has 2 heterocycles. The molecule has 0 aromatic carbocycles. The van der Waals surface area contributed by atoms with Crippen LogP contribution in [-0.4, -0.2) is 40.0 Å². The molecule has 0 saturated heterocycles. The maximum absolute atomic E-state index is 13.5. The highest BCUT2D eigenvalue weighted by Crippen LogP contribution is 2.40. The van der Waals surface area contributed by atoms with Gasteiger partial charge in [0, 0.05) is 6.42 Å². The van der Waals surface area contributed by atoms with Crippen LogP contribution in [0.5, 0.6) is 0 Å². The number of amides is 1. The van der Waals surface area contributed by atoms with E-state index in [-0.39, 0.29) is 17.8 Å². The Morgan fingerprint density at radius 2 is 2.10 bits per heavy atom. The lowest BCUT2D eigenvalue weighted by atomic mass is 9.92. The number of fused-ring (bicyclic) bond motifs is 1. The number of anilines is 1. The average Bonchev–Trinajstić information content (AvgIpc) is 3.09. The molecule has 9 heteroatoms. The number of pyridine rings is 1. The third-order valence-electron chi connectivity index (χ3n) is 3.41. The van der Waals surface area contributed by atoms with Crippen molar-refractivity contribution in [3.8, 4) is 0 Å². The van der Waals surface area contributed by atoms with Crippen molar-refractivity contribution in [1.82, 2.24) is 4.98 Å². The number of aromatic nitrogens is 1. The number of alkyl halides is 1. The Kier molecular flexibility index (Phi) is 2.94. The van der Waals surface area contributed by atoms with Crippen LogP contribution in [0.1, 0.15) is 16.8 Å². The fourth-order valence-electron chi connectivity index (χ4n) is 2.29. The molecule has 0 bridgehead atoms. The van der Waals surface area contributed by atoms with Gasteiger partial charge in [0.1, 0.15) is 12.0 Å². The van der Waals surface area contributed by atoms with E-state index in [4.69, 9.17) is 16.7 Å². The number of carbonyl (C=O) groups is 3. The Morgan fingerprint density at radius 1 is 1.48 bits per heavy atom. The lowest BCUT2D eigenvalue weighted by Crippen LogP contribution is -2.50. The second-order valence-electron chi connectivity index (χ2n) is 4.79. The van der Waals surface area contributed by atoms with Gasteiger partial charge in [-0.25, -0.2) is 13.8 Å². The first kappa shape index (κ1) is 13.9. The topological polar surface area (TPSA) is 87.6 Å². The summed E-state index contributed by atoms with van der Waals surface area (Å²) < 4.78 is 26.7. The maximum atomic E-state index is 13.5. The third-order valence-corrected chi connectivity index (χ3v) is 3.68. The minimum absolute atomic E-state index is 0.00237. The van der Waals surface area contributed by atoms with Crippen LogP contribution in [0.15, 0.2) is 6.07 Å². The van der Waals surface area contributed by atoms with Crippen LogP contribution in [0, 0.1) is 11.7 Å². The maximum Gasteiger partial charge on any atom is 0.324 e. The Morgan fingerprint density at radius 3 is 2.62 bits per heavy atom. The molecular weight excluding hydrogens is 310 g/mol. The Labute approximate surface area is 121 Å². The number of ketones is 1. The molecule has 1 aromatic heterocycles. The summed E-state index contributed by atoms with van der Waals surface area (Å²) >= 11 is 5.52. The summed E-state index contributed by atoms with van der Waals surface area (Å²) in [6.07, 6.45) is -1.34. The van der Waals surface area contributed by atoms with Gasteiger partial charge in [-0.3, -0.25) is 19.3 Å². The molecule has 1 aromatic rings. The largest absolute Gasteiger partial charge is 0.480 e. The molecule has 1 fully saturated rings. The molecule has 1 unspecified atom stereocenters. The second kappa shape index (κ2) is 4.45. The second-order valence-corrected chi connectivity index (χ2v) is 5.15. The SMILES string of the molecule is O=C(O)C1C(=O)c2cc(F)c(Cl)nc2N([C@@H]2C[C@@H]2F)C1=O. The molecule has 3 atom stereocenters. The number of nitrogens with zero attached hydrogens (tertiary/aromatic N) is 2. The molecule has 1 amide bonds. The van der Waals surface area contributed by atoms with Gasteiger partial charge in [0.25, 0.3) is 5.91 Å². The van der Waals surface area contributed by atoms with Crippen molar-refractivity contribution in [3.63, 3.8) is 0 Å². The Balaban J connectivity index is 2.20. The summed E-state index contributed by atoms with van der Waals surface area (Å²) in [6, 6.07) is -0.182. The zero-order valence-electron chi connectivity index (χ0n) is 10.2. The monoisotopic (exact) mass is 316 g/mol. The van der Waals surface area contributed by atoms with Crippen molar-refractivity contribution in [1.29, 1.82) is 0 Å². The van der Waals surface area contributed by atoms with Crippen molar-refractivity contribution < 1.29 is 28.3 Å². The van der Waals surface area contributed by atoms with E-state index in [9.17, 15) is 23.2 Å². The minimum atomic E-state index is -2.02. The highest BCUT2D eigenvalue weighted by molar-refractivity contribution is 6.32. The average molecular weight is 317 g/mol. The summed E-state index contributed by atoms with van der Waals surface area (Å²) in [5, 5.41) is 8.43. The minimum Gasteiger partial charge on any atom is -0.480 e. The molecule has 110 valence electrons. The van der Waals surface area contributed by atoms with Crippen molar-refractivity contribution in [3.05, 3.63) is 22.6 Å². The van der Waals surface area contributed by atoms with Crippen molar-refractivity contribution in [2.45, 2.75) is 18.6 Å². The number of carbonyl (C=O) groups excluding carboxylic acids is 2. The van der Waals surface area contributed by atoms with E-state index in [2.05, 4.69) is 4.98 Å². The first-order chi connectivity index (χ1) is 9.82. The first-order valence-electron chi connectivity index (χ1n) is 5.93. The highest BCUT2D eigenvalue weighted by atomic mass is 35.5. The van der Waals surface area contributed by atoms with E-state index in [1.165, 1.54) is 0 Å². The number of carboxylic acid groups (broad SMARTS) is 1. The van der Waals surface area contributed by atoms with Crippen molar-refractivity contribution in [2.75, 3.05) is 4.90 Å². The molecule has 6 nitrogen and oxygen atoms in total. The van der Waals surface area contributed by atoms with E-state index in [0.29, 0.717) is 0 Å². The molecule has 0 spiro atoms. The molecule has 1 aliphatic carbocycles. The summed E-state index contributed by atoms with van der Waals surface area (Å²) in [4.78, 5) is 39.7. The van der Waals surface area contributed by atoms with E-state index < -0.39 is 46.8 Å². The normalized spacial score (nSPS) is 27.6. The fraction of sp³-hybridized carbons (Fsp3) is 0.333. The molecule has 2 aliphatic rings. The van der Waals surface area contributed by atoms with Gasteiger partial charge in [0.05, 0.1) is 11.6 Å². The van der Waals surface area contributed by atoms with Crippen LogP contribution in [0.2, 0.25) is 5.15 Å². The lowest BCUT2D eigenvalue weighted by molar-refractivity contribution is -0.144. The lowest BCUT2D eigenvalue weighted by Gasteiger charge is -2.30. The van der Waals surface area contributed by atoms with Crippen LogP contribution in [0.4, 0.5) is 14.6 Å². The molecule has 1 N–H and O–H groups in total. The number of halogens is 3. The molecule has 1 saturated carbocycles. The van der Waals surface area contributed by atoms with Gasteiger partial charge < -0.3 is 5.11 Å². The number of aliphatic carboxylic acids is 1. The molecule has 3 rings (SSSR count). The Hall–Kier alpha value is -2.09. The molecule has 0 radical (unpaired) electrons. The number of rotatable bonds is 2. The van der Waals surface area contributed by atoms with Crippen LogP contribution in [0.3, 0.4) is 0 Å².